The van der Waals surface area contributed by atoms with Gasteiger partial charge in [-0.3, -0.25) is 4.98 Å². The minimum Gasteiger partial charge on any atom is -0.309 e. The molecular formula is C50H32N6. The van der Waals surface area contributed by atoms with E-state index in [1.165, 1.54) is 21.8 Å². The zero-order valence-electron chi connectivity index (χ0n) is 30.2. The van der Waals surface area contributed by atoms with Crippen molar-refractivity contribution in [1.82, 2.24) is 29.1 Å². The molecule has 0 radical (unpaired) electrons. The van der Waals surface area contributed by atoms with Gasteiger partial charge in [0.1, 0.15) is 0 Å². The number of benzene rings is 7. The number of para-hydroxylation sites is 3. The van der Waals surface area contributed by atoms with Crippen LogP contribution >= 0.6 is 0 Å². The van der Waals surface area contributed by atoms with E-state index < -0.39 is 0 Å². The number of aromatic nitrogens is 6. The third-order valence-electron chi connectivity index (χ3n) is 10.6. The van der Waals surface area contributed by atoms with Crippen molar-refractivity contribution in [3.63, 3.8) is 0 Å². The van der Waals surface area contributed by atoms with Crippen LogP contribution in [0.15, 0.2) is 194 Å². The highest BCUT2D eigenvalue weighted by atomic mass is 15.0. The molecule has 56 heavy (non-hydrogen) atoms. The van der Waals surface area contributed by atoms with Crippen molar-refractivity contribution in [2.24, 2.45) is 0 Å². The molecule has 0 N–H and O–H groups in total. The van der Waals surface area contributed by atoms with Gasteiger partial charge in [0, 0.05) is 56.0 Å². The molecule has 4 heterocycles. The Labute approximate surface area is 322 Å². The average molecular weight is 717 g/mol. The molecule has 0 aliphatic rings. The van der Waals surface area contributed by atoms with Crippen molar-refractivity contribution in [3.8, 4) is 56.7 Å². The van der Waals surface area contributed by atoms with Crippen molar-refractivity contribution < 1.29 is 0 Å². The SMILES string of the molecule is c1ccc(-c2nc(-c3ccccc3)nc(-c3cccc(-n4c5cc(-c6cccc7c8ccccc8n(-c8ccccc8)c67)ccc5c5ncccc54)c3)n2)cc1. The zero-order chi connectivity index (χ0) is 37.0. The second-order valence-corrected chi connectivity index (χ2v) is 13.9. The Hall–Kier alpha value is -7.70. The molecule has 7 aromatic carbocycles. The molecule has 0 atom stereocenters. The van der Waals surface area contributed by atoms with Gasteiger partial charge in [-0.1, -0.05) is 133 Å². The molecule has 0 aliphatic carbocycles. The Morgan fingerprint density at radius 3 is 1.68 bits per heavy atom. The second-order valence-electron chi connectivity index (χ2n) is 13.9. The molecule has 0 bridgehead atoms. The van der Waals surface area contributed by atoms with Crippen LogP contribution in [0.3, 0.4) is 0 Å². The van der Waals surface area contributed by atoms with Crippen LogP contribution in [-0.4, -0.2) is 29.1 Å². The van der Waals surface area contributed by atoms with Gasteiger partial charge in [0.25, 0.3) is 0 Å². The topological polar surface area (TPSA) is 61.4 Å². The summed E-state index contributed by atoms with van der Waals surface area (Å²) in [6.07, 6.45) is 1.87. The van der Waals surface area contributed by atoms with Gasteiger partial charge in [-0.2, -0.15) is 0 Å². The Bertz CT molecular complexity index is 3180. The first-order valence-electron chi connectivity index (χ1n) is 18.7. The average Bonchev–Trinajstić information content (AvgIpc) is 3.80. The second kappa shape index (κ2) is 13.0. The monoisotopic (exact) mass is 716 g/mol. The van der Waals surface area contributed by atoms with Gasteiger partial charge in [-0.15, -0.1) is 0 Å². The van der Waals surface area contributed by atoms with Gasteiger partial charge >= 0.3 is 0 Å². The van der Waals surface area contributed by atoms with Crippen molar-refractivity contribution >= 4 is 43.7 Å². The van der Waals surface area contributed by atoms with Crippen molar-refractivity contribution in [1.29, 1.82) is 0 Å². The van der Waals surface area contributed by atoms with E-state index in [-0.39, 0.29) is 0 Å². The largest absolute Gasteiger partial charge is 0.309 e. The van der Waals surface area contributed by atoms with E-state index in [2.05, 4.69) is 130 Å². The summed E-state index contributed by atoms with van der Waals surface area (Å²) >= 11 is 0. The molecule has 11 aromatic rings. The predicted molar refractivity (Wildman–Crippen MR) is 228 cm³/mol. The van der Waals surface area contributed by atoms with Gasteiger partial charge in [0.2, 0.25) is 0 Å². The first kappa shape index (κ1) is 31.8. The van der Waals surface area contributed by atoms with Gasteiger partial charge in [0.15, 0.2) is 17.5 Å². The molecule has 0 unspecified atom stereocenters. The fraction of sp³-hybridized carbons (Fsp3) is 0. The van der Waals surface area contributed by atoms with Crippen molar-refractivity contribution in [3.05, 3.63) is 194 Å². The molecule has 6 nitrogen and oxygen atoms in total. The smallest absolute Gasteiger partial charge is 0.164 e. The molecule has 0 amide bonds. The lowest BCUT2D eigenvalue weighted by atomic mass is 10.0. The highest BCUT2D eigenvalue weighted by molar-refractivity contribution is 6.15. The first-order chi connectivity index (χ1) is 27.8. The van der Waals surface area contributed by atoms with E-state index >= 15 is 0 Å². The fourth-order valence-corrected chi connectivity index (χ4v) is 8.10. The molecule has 0 fully saturated rings. The number of hydrogen-bond acceptors (Lipinski definition) is 4. The summed E-state index contributed by atoms with van der Waals surface area (Å²) in [5.74, 6) is 1.87. The molecule has 0 spiro atoms. The van der Waals surface area contributed by atoms with Crippen molar-refractivity contribution in [2.45, 2.75) is 0 Å². The number of rotatable bonds is 6. The van der Waals surface area contributed by atoms with Crippen LogP contribution in [0.2, 0.25) is 0 Å². The number of hydrogen-bond donors (Lipinski definition) is 0. The van der Waals surface area contributed by atoms with E-state index in [1.54, 1.807) is 0 Å². The lowest BCUT2D eigenvalue weighted by Crippen LogP contribution is -2.01. The Kier molecular flexibility index (Phi) is 7.38. The molecule has 0 aliphatic heterocycles. The lowest BCUT2D eigenvalue weighted by molar-refractivity contribution is 1.07. The minimum atomic E-state index is 0.611. The summed E-state index contributed by atoms with van der Waals surface area (Å²) in [4.78, 5) is 19.9. The van der Waals surface area contributed by atoms with Crippen LogP contribution in [0.4, 0.5) is 0 Å². The van der Waals surface area contributed by atoms with Crippen LogP contribution in [0.25, 0.3) is 100 Å². The van der Waals surface area contributed by atoms with Crippen LogP contribution < -0.4 is 0 Å². The van der Waals surface area contributed by atoms with Crippen LogP contribution in [0.5, 0.6) is 0 Å². The highest BCUT2D eigenvalue weighted by Crippen LogP contribution is 2.40. The standard InChI is InChI=1S/C50H32N6/c1-4-15-33(16-5-1)48-52-49(34-17-6-2-7-18-34)54-50(53-48)36-19-12-22-38(31-36)55-44-27-14-30-51-46(44)42-29-28-35(32-45(42)55)39-24-13-25-41-40-23-10-11-26-43(40)56(47(39)41)37-20-8-3-9-21-37/h1-32H. The van der Waals surface area contributed by atoms with Crippen LogP contribution in [0.1, 0.15) is 0 Å². The molecular weight excluding hydrogens is 685 g/mol. The zero-order valence-corrected chi connectivity index (χ0v) is 30.2. The van der Waals surface area contributed by atoms with Gasteiger partial charge in [0.05, 0.1) is 27.6 Å². The summed E-state index contributed by atoms with van der Waals surface area (Å²) in [6, 6.07) is 65.5. The Morgan fingerprint density at radius 1 is 0.339 bits per heavy atom. The summed E-state index contributed by atoms with van der Waals surface area (Å²) in [7, 11) is 0. The number of nitrogens with zero attached hydrogens (tertiary/aromatic N) is 6. The quantitative estimate of drug-likeness (QED) is 0.172. The van der Waals surface area contributed by atoms with Gasteiger partial charge in [-0.25, -0.2) is 15.0 Å². The summed E-state index contributed by atoms with van der Waals surface area (Å²) in [6.45, 7) is 0. The molecule has 0 saturated heterocycles. The number of pyridine rings is 1. The maximum absolute atomic E-state index is 5.03. The third kappa shape index (κ3) is 5.19. The first-order valence-corrected chi connectivity index (χ1v) is 18.7. The van der Waals surface area contributed by atoms with E-state index in [4.69, 9.17) is 19.9 Å². The summed E-state index contributed by atoms with van der Waals surface area (Å²) in [5.41, 5.74) is 12.6. The molecule has 11 rings (SSSR count). The maximum Gasteiger partial charge on any atom is 0.164 e. The van der Waals surface area contributed by atoms with E-state index in [9.17, 15) is 0 Å². The van der Waals surface area contributed by atoms with E-state index in [0.717, 1.165) is 61.1 Å². The Morgan fingerprint density at radius 2 is 0.929 bits per heavy atom. The summed E-state index contributed by atoms with van der Waals surface area (Å²) < 4.78 is 4.71. The van der Waals surface area contributed by atoms with Crippen LogP contribution in [-0.2, 0) is 0 Å². The molecule has 6 heteroatoms. The Balaban J connectivity index is 1.12. The van der Waals surface area contributed by atoms with E-state index in [1.807, 2.05) is 72.9 Å². The van der Waals surface area contributed by atoms with Gasteiger partial charge < -0.3 is 9.13 Å². The molecule has 4 aromatic heterocycles. The van der Waals surface area contributed by atoms with Crippen LogP contribution in [0, 0.1) is 0 Å². The van der Waals surface area contributed by atoms with E-state index in [0.29, 0.717) is 17.5 Å². The predicted octanol–water partition coefficient (Wildman–Crippen LogP) is 12.1. The maximum atomic E-state index is 5.03. The molecule has 0 saturated carbocycles. The number of fused-ring (bicyclic) bond motifs is 6. The summed E-state index contributed by atoms with van der Waals surface area (Å²) in [5, 5.41) is 3.54. The lowest BCUT2D eigenvalue weighted by Gasteiger charge is -2.13. The fourth-order valence-electron chi connectivity index (χ4n) is 8.10. The third-order valence-corrected chi connectivity index (χ3v) is 10.6. The van der Waals surface area contributed by atoms with Crippen molar-refractivity contribution in [2.75, 3.05) is 0 Å². The normalized spacial score (nSPS) is 11.6. The minimum absolute atomic E-state index is 0.611. The highest BCUT2D eigenvalue weighted by Gasteiger charge is 2.20. The molecule has 262 valence electrons. The van der Waals surface area contributed by atoms with Gasteiger partial charge in [-0.05, 0) is 60.2 Å².